The number of nitrogens with zero attached hydrogens (tertiary/aromatic N) is 2. The second-order valence-electron chi connectivity index (χ2n) is 8.48. The van der Waals surface area contributed by atoms with Gasteiger partial charge in [0.25, 0.3) is 5.91 Å². The molecule has 1 fully saturated rings. The first-order valence-corrected chi connectivity index (χ1v) is 11.0. The van der Waals surface area contributed by atoms with E-state index >= 15 is 0 Å². The number of benzene rings is 2. The number of hydrogen-bond acceptors (Lipinski definition) is 2. The van der Waals surface area contributed by atoms with E-state index in [9.17, 15) is 9.59 Å². The Bertz CT molecular complexity index is 1040. The fraction of sp³-hybridized carbons (Fsp3) is 0.385. The van der Waals surface area contributed by atoms with Gasteiger partial charge in [-0.1, -0.05) is 37.3 Å². The topological polar surface area (TPSA) is 42.3 Å². The molecule has 2 aromatic carbocycles. The van der Waals surface area contributed by atoms with E-state index in [-0.39, 0.29) is 11.8 Å². The number of carbonyl (C=O) groups is 2. The zero-order valence-electron chi connectivity index (χ0n) is 17.9. The lowest BCUT2D eigenvalue weighted by Gasteiger charge is -2.32. The predicted octanol–water partition coefficient (Wildman–Crippen LogP) is 5.48. The summed E-state index contributed by atoms with van der Waals surface area (Å²) < 4.78 is 1.72. The molecule has 1 aliphatic rings. The predicted molar refractivity (Wildman–Crippen MR) is 121 cm³/mol. The van der Waals surface area contributed by atoms with Crippen molar-refractivity contribution in [3.63, 3.8) is 0 Å². The second kappa shape index (κ2) is 8.86. The molecule has 1 aromatic heterocycles. The standard InChI is InChI=1S/C26H30N2O2/c1-3-7-25(29)28-15-12-22-18-23(19(2)16-24(22)28)26(30)27-13-10-21(11-14-27)17-20-8-5-4-6-9-20/h4-6,8-9,12,15-16,18,21H,3,7,10-11,13-14,17H2,1-2H3. The highest BCUT2D eigenvalue weighted by Crippen LogP contribution is 2.26. The van der Waals surface area contributed by atoms with Crippen LogP contribution < -0.4 is 0 Å². The maximum absolute atomic E-state index is 13.2. The molecule has 4 heteroatoms. The highest BCUT2D eigenvalue weighted by Gasteiger charge is 2.25. The third-order valence-corrected chi connectivity index (χ3v) is 6.27. The van der Waals surface area contributed by atoms with Crippen molar-refractivity contribution in [2.75, 3.05) is 13.1 Å². The quantitative estimate of drug-likeness (QED) is 0.567. The highest BCUT2D eigenvalue weighted by molar-refractivity contribution is 6.01. The summed E-state index contributed by atoms with van der Waals surface area (Å²) >= 11 is 0. The van der Waals surface area contributed by atoms with E-state index in [4.69, 9.17) is 0 Å². The largest absolute Gasteiger partial charge is 0.339 e. The molecule has 1 amide bonds. The zero-order chi connectivity index (χ0) is 21.1. The molecule has 0 spiro atoms. The zero-order valence-corrected chi connectivity index (χ0v) is 17.9. The lowest BCUT2D eigenvalue weighted by molar-refractivity contribution is 0.0690. The molecule has 0 saturated carbocycles. The van der Waals surface area contributed by atoms with Gasteiger partial charge < -0.3 is 4.90 Å². The lowest BCUT2D eigenvalue weighted by atomic mass is 9.90. The third kappa shape index (κ3) is 4.18. The van der Waals surface area contributed by atoms with Gasteiger partial charge in [0.15, 0.2) is 0 Å². The molecule has 4 rings (SSSR count). The minimum absolute atomic E-state index is 0.103. The highest BCUT2D eigenvalue weighted by atomic mass is 16.2. The molecule has 30 heavy (non-hydrogen) atoms. The van der Waals surface area contributed by atoms with Crippen molar-refractivity contribution in [3.05, 3.63) is 71.4 Å². The molecule has 0 radical (unpaired) electrons. The fourth-order valence-corrected chi connectivity index (χ4v) is 4.53. The van der Waals surface area contributed by atoms with Crippen LogP contribution in [0, 0.1) is 12.8 Å². The Balaban J connectivity index is 1.46. The van der Waals surface area contributed by atoms with Crippen molar-refractivity contribution in [1.29, 1.82) is 0 Å². The monoisotopic (exact) mass is 402 g/mol. The van der Waals surface area contributed by atoms with Crippen molar-refractivity contribution >= 4 is 22.7 Å². The van der Waals surface area contributed by atoms with Gasteiger partial charge in [-0.25, -0.2) is 0 Å². The van der Waals surface area contributed by atoms with Gasteiger partial charge in [-0.15, -0.1) is 0 Å². The van der Waals surface area contributed by atoms with E-state index < -0.39 is 0 Å². The molecule has 1 aliphatic heterocycles. The Kier molecular flexibility index (Phi) is 6.03. The van der Waals surface area contributed by atoms with Crippen LogP contribution in [0.2, 0.25) is 0 Å². The summed E-state index contributed by atoms with van der Waals surface area (Å²) in [5.74, 6) is 0.852. The van der Waals surface area contributed by atoms with Crippen LogP contribution in [0.25, 0.3) is 10.9 Å². The number of fused-ring (bicyclic) bond motifs is 1. The molecule has 0 bridgehead atoms. The molecule has 0 atom stereocenters. The Hall–Kier alpha value is -2.88. The van der Waals surface area contributed by atoms with E-state index in [2.05, 4.69) is 30.3 Å². The van der Waals surface area contributed by atoms with Crippen molar-refractivity contribution in [1.82, 2.24) is 9.47 Å². The number of rotatable bonds is 5. The number of aryl methyl sites for hydroxylation is 1. The molecule has 0 N–H and O–H groups in total. The lowest BCUT2D eigenvalue weighted by Crippen LogP contribution is -2.39. The number of piperidine rings is 1. The van der Waals surface area contributed by atoms with E-state index in [0.717, 1.165) is 60.8 Å². The van der Waals surface area contributed by atoms with Crippen LogP contribution in [0.5, 0.6) is 0 Å². The Morgan fingerprint density at radius 1 is 1.03 bits per heavy atom. The molecular weight excluding hydrogens is 372 g/mol. The Morgan fingerprint density at radius 3 is 2.47 bits per heavy atom. The Morgan fingerprint density at radius 2 is 1.77 bits per heavy atom. The molecule has 156 valence electrons. The van der Waals surface area contributed by atoms with Gasteiger partial charge >= 0.3 is 0 Å². The molecule has 4 nitrogen and oxygen atoms in total. The summed E-state index contributed by atoms with van der Waals surface area (Å²) in [6, 6.07) is 16.5. The van der Waals surface area contributed by atoms with Gasteiger partial charge in [-0.2, -0.15) is 0 Å². The van der Waals surface area contributed by atoms with Crippen LogP contribution in [-0.2, 0) is 6.42 Å². The minimum atomic E-state index is 0.103. The summed E-state index contributed by atoms with van der Waals surface area (Å²) in [4.78, 5) is 27.6. The van der Waals surface area contributed by atoms with Crippen LogP contribution in [0.3, 0.4) is 0 Å². The van der Waals surface area contributed by atoms with Gasteiger partial charge in [0.05, 0.1) is 5.52 Å². The minimum Gasteiger partial charge on any atom is -0.339 e. The van der Waals surface area contributed by atoms with E-state index in [1.807, 2.05) is 43.1 Å². The van der Waals surface area contributed by atoms with Crippen LogP contribution in [0.4, 0.5) is 0 Å². The van der Waals surface area contributed by atoms with Gasteiger partial charge in [0.1, 0.15) is 0 Å². The molecule has 3 aromatic rings. The maximum Gasteiger partial charge on any atom is 0.254 e. The van der Waals surface area contributed by atoms with E-state index in [1.165, 1.54) is 5.56 Å². The number of aromatic nitrogens is 1. The molecular formula is C26H30N2O2. The third-order valence-electron chi connectivity index (χ3n) is 6.27. The number of carbonyl (C=O) groups excluding carboxylic acids is 2. The summed E-state index contributed by atoms with van der Waals surface area (Å²) in [7, 11) is 0. The average molecular weight is 403 g/mol. The van der Waals surface area contributed by atoms with Gasteiger partial charge in [-0.3, -0.25) is 14.2 Å². The summed E-state index contributed by atoms with van der Waals surface area (Å²) in [5, 5.41) is 0.951. The smallest absolute Gasteiger partial charge is 0.254 e. The number of likely N-dealkylation sites (tertiary alicyclic amines) is 1. The van der Waals surface area contributed by atoms with Gasteiger partial charge in [0, 0.05) is 36.7 Å². The normalized spacial score (nSPS) is 14.9. The van der Waals surface area contributed by atoms with Crippen molar-refractivity contribution in [2.45, 2.75) is 46.0 Å². The van der Waals surface area contributed by atoms with Crippen LogP contribution in [-0.4, -0.2) is 34.4 Å². The van der Waals surface area contributed by atoms with E-state index in [1.54, 1.807) is 4.57 Å². The Labute approximate surface area is 178 Å². The van der Waals surface area contributed by atoms with Crippen LogP contribution >= 0.6 is 0 Å². The van der Waals surface area contributed by atoms with Crippen LogP contribution in [0.1, 0.15) is 58.9 Å². The SMILES string of the molecule is CCCC(=O)n1ccc2cc(C(=O)N3CCC(Cc4ccccc4)CC3)c(C)cc21. The van der Waals surface area contributed by atoms with Gasteiger partial charge in [0.2, 0.25) is 5.91 Å². The maximum atomic E-state index is 13.2. The van der Waals surface area contributed by atoms with Crippen molar-refractivity contribution < 1.29 is 9.59 Å². The first kappa shape index (κ1) is 20.4. The first-order valence-electron chi connectivity index (χ1n) is 11.0. The second-order valence-corrected chi connectivity index (χ2v) is 8.48. The fourth-order valence-electron chi connectivity index (χ4n) is 4.53. The van der Waals surface area contributed by atoms with Gasteiger partial charge in [-0.05, 0) is 67.9 Å². The summed E-state index contributed by atoms with van der Waals surface area (Å²) in [5.41, 5.74) is 3.96. The summed E-state index contributed by atoms with van der Waals surface area (Å²) in [6.07, 6.45) is 6.36. The summed E-state index contributed by atoms with van der Waals surface area (Å²) in [6.45, 7) is 5.60. The molecule has 2 heterocycles. The average Bonchev–Trinajstić information content (AvgIpc) is 3.17. The first-order chi connectivity index (χ1) is 14.6. The van der Waals surface area contributed by atoms with Crippen molar-refractivity contribution in [2.24, 2.45) is 5.92 Å². The number of amides is 1. The molecule has 0 aliphatic carbocycles. The number of hydrogen-bond donors (Lipinski definition) is 0. The van der Waals surface area contributed by atoms with Crippen molar-refractivity contribution in [3.8, 4) is 0 Å². The molecule has 0 unspecified atom stereocenters. The van der Waals surface area contributed by atoms with E-state index in [0.29, 0.717) is 12.3 Å². The van der Waals surface area contributed by atoms with Crippen LogP contribution in [0.15, 0.2) is 54.7 Å². The molecule has 1 saturated heterocycles.